The number of Topliss-reactive ketones (excluding diaryl/α,β-unsaturated/α-hetero) is 1. The zero-order chi connectivity index (χ0) is 11.8. The Morgan fingerprint density at radius 1 is 1.47 bits per heavy atom. The second kappa shape index (κ2) is 3.91. The van der Waals surface area contributed by atoms with Crippen LogP contribution >= 0.6 is 0 Å². The largest absolute Gasteiger partial charge is 0.494 e. The van der Waals surface area contributed by atoms with Crippen molar-refractivity contribution in [3.8, 4) is 5.75 Å². The van der Waals surface area contributed by atoms with Gasteiger partial charge >= 0.3 is 0 Å². The molecule has 1 aromatic heterocycles. The summed E-state index contributed by atoms with van der Waals surface area (Å²) in [7, 11) is 0. The van der Waals surface area contributed by atoms with Crippen LogP contribution in [-0.4, -0.2) is 17.4 Å². The van der Waals surface area contributed by atoms with Crippen LogP contribution < -0.4 is 4.74 Å². The molecule has 2 aromatic rings. The van der Waals surface area contributed by atoms with Gasteiger partial charge in [-0.25, -0.2) is 0 Å². The highest BCUT2D eigenvalue weighted by Gasteiger charge is 2.31. The summed E-state index contributed by atoms with van der Waals surface area (Å²) in [6, 6.07) is 5.84. The molecule has 0 spiro atoms. The third-order valence-electron chi connectivity index (χ3n) is 3.18. The van der Waals surface area contributed by atoms with E-state index in [1.807, 2.05) is 31.3 Å². The van der Waals surface area contributed by atoms with Crippen LogP contribution in [-0.2, 0) is 0 Å². The molecule has 3 rings (SSSR count). The number of fused-ring (bicyclic) bond motifs is 1. The Labute approximate surface area is 99.8 Å². The van der Waals surface area contributed by atoms with Gasteiger partial charge in [0, 0.05) is 28.6 Å². The predicted molar refractivity (Wildman–Crippen MR) is 66.5 cm³/mol. The van der Waals surface area contributed by atoms with Gasteiger partial charge in [0.25, 0.3) is 0 Å². The number of rotatable bonds is 4. The Morgan fingerprint density at radius 2 is 2.29 bits per heavy atom. The number of hydrogen-bond donors (Lipinski definition) is 1. The molecule has 0 unspecified atom stereocenters. The molecule has 1 saturated carbocycles. The number of aromatic amines is 1. The summed E-state index contributed by atoms with van der Waals surface area (Å²) in [5.74, 6) is 1.35. The molecule has 0 atom stereocenters. The summed E-state index contributed by atoms with van der Waals surface area (Å²) in [4.78, 5) is 15.2. The Morgan fingerprint density at radius 3 is 3.00 bits per heavy atom. The molecule has 88 valence electrons. The number of ketones is 1. The van der Waals surface area contributed by atoms with Crippen molar-refractivity contribution in [3.63, 3.8) is 0 Å². The van der Waals surface area contributed by atoms with Gasteiger partial charge in [-0.1, -0.05) is 0 Å². The number of carbonyl (C=O) groups is 1. The van der Waals surface area contributed by atoms with Crippen molar-refractivity contribution >= 4 is 16.7 Å². The Kier molecular flexibility index (Phi) is 2.39. The lowest BCUT2D eigenvalue weighted by Crippen LogP contribution is -1.99. The van der Waals surface area contributed by atoms with Gasteiger partial charge in [0.05, 0.1) is 6.61 Å². The summed E-state index contributed by atoms with van der Waals surface area (Å²) in [6.07, 6.45) is 3.90. The first-order valence-corrected chi connectivity index (χ1v) is 6.07. The van der Waals surface area contributed by atoms with Crippen LogP contribution in [0.2, 0.25) is 0 Å². The molecule has 3 heteroatoms. The van der Waals surface area contributed by atoms with E-state index < -0.39 is 0 Å². The highest BCUT2D eigenvalue weighted by molar-refractivity contribution is 6.09. The molecule has 0 bridgehead atoms. The van der Waals surface area contributed by atoms with Crippen LogP contribution in [0, 0.1) is 5.92 Å². The van der Waals surface area contributed by atoms with Crippen LogP contribution in [0.1, 0.15) is 30.1 Å². The molecule has 1 aromatic carbocycles. The molecular formula is C14H15NO2. The first kappa shape index (κ1) is 10.4. The zero-order valence-corrected chi connectivity index (χ0v) is 9.82. The summed E-state index contributed by atoms with van der Waals surface area (Å²) < 4.78 is 5.47. The SMILES string of the molecule is CCOc1ccc2[nH]cc(C(=O)C3CC3)c2c1. The fourth-order valence-electron chi connectivity index (χ4n) is 2.13. The Balaban J connectivity index is 2.05. The summed E-state index contributed by atoms with van der Waals surface area (Å²) in [6.45, 7) is 2.60. The van der Waals surface area contributed by atoms with E-state index in [0.717, 1.165) is 35.1 Å². The second-order valence-corrected chi connectivity index (χ2v) is 4.48. The fraction of sp³-hybridized carbons (Fsp3) is 0.357. The minimum atomic E-state index is 0.254. The van der Waals surface area contributed by atoms with Crippen LogP contribution in [0.4, 0.5) is 0 Å². The van der Waals surface area contributed by atoms with E-state index in [2.05, 4.69) is 4.98 Å². The van der Waals surface area contributed by atoms with Crippen LogP contribution in [0.3, 0.4) is 0 Å². The number of aromatic nitrogens is 1. The number of nitrogens with one attached hydrogen (secondary N) is 1. The molecule has 0 radical (unpaired) electrons. The average molecular weight is 229 g/mol. The molecule has 0 amide bonds. The molecule has 1 aliphatic rings. The highest BCUT2D eigenvalue weighted by Crippen LogP contribution is 2.35. The van der Waals surface area contributed by atoms with Gasteiger partial charge in [-0.2, -0.15) is 0 Å². The van der Waals surface area contributed by atoms with Crippen molar-refractivity contribution in [3.05, 3.63) is 30.0 Å². The first-order chi connectivity index (χ1) is 8.29. The van der Waals surface area contributed by atoms with Gasteiger partial charge < -0.3 is 9.72 Å². The van der Waals surface area contributed by atoms with Crippen LogP contribution in [0.5, 0.6) is 5.75 Å². The van der Waals surface area contributed by atoms with E-state index >= 15 is 0 Å². The molecule has 1 fully saturated rings. The smallest absolute Gasteiger partial charge is 0.168 e. The summed E-state index contributed by atoms with van der Waals surface area (Å²) in [5.41, 5.74) is 1.81. The molecule has 3 nitrogen and oxygen atoms in total. The molecular weight excluding hydrogens is 214 g/mol. The summed E-state index contributed by atoms with van der Waals surface area (Å²) >= 11 is 0. The highest BCUT2D eigenvalue weighted by atomic mass is 16.5. The van der Waals surface area contributed by atoms with Crippen LogP contribution in [0.15, 0.2) is 24.4 Å². The molecule has 0 saturated heterocycles. The standard InChI is InChI=1S/C14H15NO2/c1-2-17-10-5-6-13-11(7-10)12(8-15-13)14(16)9-3-4-9/h5-9,15H,2-4H2,1H3. The molecule has 1 aliphatic carbocycles. The molecule has 17 heavy (non-hydrogen) atoms. The monoisotopic (exact) mass is 229 g/mol. The molecule has 0 aliphatic heterocycles. The topological polar surface area (TPSA) is 42.1 Å². The van der Waals surface area contributed by atoms with E-state index in [1.165, 1.54) is 0 Å². The normalized spacial score (nSPS) is 15.1. The van der Waals surface area contributed by atoms with Crippen molar-refractivity contribution in [2.45, 2.75) is 19.8 Å². The lowest BCUT2D eigenvalue weighted by molar-refractivity contribution is 0.0969. The van der Waals surface area contributed by atoms with Gasteiger partial charge in [-0.3, -0.25) is 4.79 Å². The molecule has 1 heterocycles. The zero-order valence-electron chi connectivity index (χ0n) is 9.82. The average Bonchev–Trinajstić information content (AvgIpc) is 3.09. The van der Waals surface area contributed by atoms with Gasteiger partial charge in [-0.05, 0) is 38.0 Å². The van der Waals surface area contributed by atoms with Gasteiger partial charge in [0.2, 0.25) is 0 Å². The lowest BCUT2D eigenvalue weighted by atomic mass is 10.1. The third-order valence-corrected chi connectivity index (χ3v) is 3.18. The van der Waals surface area contributed by atoms with E-state index in [0.29, 0.717) is 6.61 Å². The molecule has 1 N–H and O–H groups in total. The fourth-order valence-corrected chi connectivity index (χ4v) is 2.13. The number of hydrogen-bond acceptors (Lipinski definition) is 2. The van der Waals surface area contributed by atoms with Crippen molar-refractivity contribution in [2.24, 2.45) is 5.92 Å². The van der Waals surface area contributed by atoms with Crippen LogP contribution in [0.25, 0.3) is 10.9 Å². The number of carbonyl (C=O) groups excluding carboxylic acids is 1. The van der Waals surface area contributed by atoms with Crippen molar-refractivity contribution in [1.82, 2.24) is 4.98 Å². The number of benzene rings is 1. The van der Waals surface area contributed by atoms with E-state index in [4.69, 9.17) is 4.74 Å². The lowest BCUT2D eigenvalue weighted by Gasteiger charge is -2.03. The van der Waals surface area contributed by atoms with Crippen molar-refractivity contribution < 1.29 is 9.53 Å². The van der Waals surface area contributed by atoms with E-state index in [-0.39, 0.29) is 11.7 Å². The minimum Gasteiger partial charge on any atom is -0.494 e. The maximum Gasteiger partial charge on any atom is 0.168 e. The number of ether oxygens (including phenoxy) is 1. The second-order valence-electron chi connectivity index (χ2n) is 4.48. The Bertz CT molecular complexity index is 567. The van der Waals surface area contributed by atoms with Crippen molar-refractivity contribution in [1.29, 1.82) is 0 Å². The summed E-state index contributed by atoms with van der Waals surface area (Å²) in [5, 5.41) is 0.979. The maximum atomic E-state index is 12.1. The van der Waals surface area contributed by atoms with Gasteiger partial charge in [0.15, 0.2) is 5.78 Å². The quantitative estimate of drug-likeness (QED) is 0.818. The van der Waals surface area contributed by atoms with Gasteiger partial charge in [0.1, 0.15) is 5.75 Å². The van der Waals surface area contributed by atoms with Crippen molar-refractivity contribution in [2.75, 3.05) is 6.61 Å². The van der Waals surface area contributed by atoms with Gasteiger partial charge in [-0.15, -0.1) is 0 Å². The first-order valence-electron chi connectivity index (χ1n) is 6.07. The minimum absolute atomic E-state index is 0.254. The predicted octanol–water partition coefficient (Wildman–Crippen LogP) is 3.16. The maximum absolute atomic E-state index is 12.1. The Hall–Kier alpha value is -1.77. The number of H-pyrrole nitrogens is 1. The van der Waals surface area contributed by atoms with E-state index in [1.54, 1.807) is 0 Å². The van der Waals surface area contributed by atoms with E-state index in [9.17, 15) is 4.79 Å². The third kappa shape index (κ3) is 1.82.